The summed E-state index contributed by atoms with van der Waals surface area (Å²) in [4.78, 5) is 33.8. The molecule has 1 aromatic heterocycles. The SMILES string of the molecule is O=C(CC1=CCCC1)NC1CC(c2cc(=O)[nH]c(N3CCCC3)n2)C1. The van der Waals surface area contributed by atoms with Crippen LogP contribution in [0.1, 0.15) is 63.0 Å². The molecule has 1 aliphatic heterocycles. The molecule has 3 aliphatic rings. The van der Waals surface area contributed by atoms with Gasteiger partial charge in [-0.15, -0.1) is 0 Å². The lowest BCUT2D eigenvalue weighted by Crippen LogP contribution is -2.44. The molecular formula is C19H26N4O2. The molecular weight excluding hydrogens is 316 g/mol. The van der Waals surface area contributed by atoms with Crippen LogP contribution in [0.25, 0.3) is 0 Å². The van der Waals surface area contributed by atoms with E-state index in [1.165, 1.54) is 12.0 Å². The molecule has 0 unspecified atom stereocenters. The minimum atomic E-state index is -0.0763. The average molecular weight is 342 g/mol. The normalized spacial score (nSPS) is 25.6. The molecule has 0 bridgehead atoms. The van der Waals surface area contributed by atoms with Crippen molar-refractivity contribution >= 4 is 11.9 Å². The van der Waals surface area contributed by atoms with Crippen molar-refractivity contribution in [2.45, 2.75) is 63.3 Å². The number of hydrogen-bond donors (Lipinski definition) is 2. The highest BCUT2D eigenvalue weighted by atomic mass is 16.1. The molecule has 2 N–H and O–H groups in total. The molecule has 25 heavy (non-hydrogen) atoms. The maximum Gasteiger partial charge on any atom is 0.252 e. The maximum atomic E-state index is 12.1. The highest BCUT2D eigenvalue weighted by molar-refractivity contribution is 5.79. The Morgan fingerprint density at radius 1 is 1.28 bits per heavy atom. The Labute approximate surface area is 147 Å². The second-order valence-corrected chi connectivity index (χ2v) is 7.55. The Bertz CT molecular complexity index is 727. The van der Waals surface area contributed by atoms with E-state index >= 15 is 0 Å². The van der Waals surface area contributed by atoms with E-state index in [2.05, 4.69) is 26.3 Å². The summed E-state index contributed by atoms with van der Waals surface area (Å²) in [5, 5.41) is 3.12. The van der Waals surface area contributed by atoms with Crippen LogP contribution in [0.3, 0.4) is 0 Å². The summed E-state index contributed by atoms with van der Waals surface area (Å²) in [7, 11) is 0. The second-order valence-electron chi connectivity index (χ2n) is 7.55. The van der Waals surface area contributed by atoms with Gasteiger partial charge in [0.2, 0.25) is 11.9 Å². The largest absolute Gasteiger partial charge is 0.353 e. The van der Waals surface area contributed by atoms with Crippen LogP contribution >= 0.6 is 0 Å². The summed E-state index contributed by atoms with van der Waals surface area (Å²) in [6.07, 6.45) is 10.2. The average Bonchev–Trinajstić information content (AvgIpc) is 3.23. The number of amides is 1. The van der Waals surface area contributed by atoms with E-state index in [0.29, 0.717) is 12.4 Å². The minimum absolute atomic E-state index is 0.0763. The van der Waals surface area contributed by atoms with Gasteiger partial charge in [0.15, 0.2) is 0 Å². The van der Waals surface area contributed by atoms with Gasteiger partial charge >= 0.3 is 0 Å². The maximum absolute atomic E-state index is 12.1. The van der Waals surface area contributed by atoms with Gasteiger partial charge in [-0.1, -0.05) is 11.6 Å². The van der Waals surface area contributed by atoms with Crippen molar-refractivity contribution < 1.29 is 4.79 Å². The monoisotopic (exact) mass is 342 g/mol. The summed E-state index contributed by atoms with van der Waals surface area (Å²) in [6, 6.07) is 1.84. The first-order valence-corrected chi connectivity index (χ1v) is 9.51. The van der Waals surface area contributed by atoms with Crippen molar-refractivity contribution in [1.29, 1.82) is 0 Å². The summed E-state index contributed by atoms with van der Waals surface area (Å²) in [5.41, 5.74) is 2.07. The standard InChI is InChI=1S/C19H26N4O2/c24-17(9-13-5-1-2-6-13)20-15-10-14(11-15)16-12-18(25)22-19(21-16)23-7-3-4-8-23/h5,12,14-15H,1-4,6-11H2,(H,20,24)(H,21,22,25). The first-order valence-electron chi connectivity index (χ1n) is 9.51. The van der Waals surface area contributed by atoms with Crippen LogP contribution in [-0.2, 0) is 4.79 Å². The van der Waals surface area contributed by atoms with Gasteiger partial charge in [-0.3, -0.25) is 14.6 Å². The Hall–Kier alpha value is -2.11. The van der Waals surface area contributed by atoms with Crippen LogP contribution < -0.4 is 15.8 Å². The van der Waals surface area contributed by atoms with Crippen molar-refractivity contribution in [3.8, 4) is 0 Å². The van der Waals surface area contributed by atoms with Gasteiger partial charge in [0.25, 0.3) is 5.56 Å². The Morgan fingerprint density at radius 2 is 2.08 bits per heavy atom. The molecule has 4 rings (SSSR count). The Morgan fingerprint density at radius 3 is 2.80 bits per heavy atom. The predicted octanol–water partition coefficient (Wildman–Crippen LogP) is 2.23. The number of H-pyrrole nitrogens is 1. The number of nitrogens with zero attached hydrogens (tertiary/aromatic N) is 2. The minimum Gasteiger partial charge on any atom is -0.353 e. The fraction of sp³-hybridized carbons (Fsp3) is 0.632. The van der Waals surface area contributed by atoms with Crippen LogP contribution in [-0.4, -0.2) is 35.0 Å². The zero-order valence-electron chi connectivity index (χ0n) is 14.6. The fourth-order valence-electron chi connectivity index (χ4n) is 4.11. The highest BCUT2D eigenvalue weighted by Gasteiger charge is 2.33. The van der Waals surface area contributed by atoms with Gasteiger partial charge in [0, 0.05) is 37.5 Å². The van der Waals surface area contributed by atoms with E-state index < -0.39 is 0 Å². The molecule has 1 aromatic rings. The quantitative estimate of drug-likeness (QED) is 0.805. The zero-order valence-corrected chi connectivity index (χ0v) is 14.6. The Balaban J connectivity index is 1.32. The van der Waals surface area contributed by atoms with Gasteiger partial charge in [0.1, 0.15) is 0 Å². The van der Waals surface area contributed by atoms with Crippen molar-refractivity contribution in [1.82, 2.24) is 15.3 Å². The summed E-state index contributed by atoms with van der Waals surface area (Å²) < 4.78 is 0. The molecule has 0 spiro atoms. The van der Waals surface area contributed by atoms with Gasteiger partial charge in [-0.25, -0.2) is 4.98 Å². The van der Waals surface area contributed by atoms with E-state index in [1.54, 1.807) is 6.07 Å². The lowest BCUT2D eigenvalue weighted by atomic mass is 9.78. The number of aromatic nitrogens is 2. The fourth-order valence-corrected chi connectivity index (χ4v) is 4.11. The highest BCUT2D eigenvalue weighted by Crippen LogP contribution is 2.36. The number of anilines is 1. The molecule has 6 heteroatoms. The molecule has 2 aliphatic carbocycles. The van der Waals surface area contributed by atoms with Crippen molar-refractivity contribution in [3.05, 3.63) is 33.8 Å². The third-order valence-electron chi connectivity index (χ3n) is 5.60. The van der Waals surface area contributed by atoms with E-state index in [-0.39, 0.29) is 23.4 Å². The van der Waals surface area contributed by atoms with E-state index in [9.17, 15) is 9.59 Å². The van der Waals surface area contributed by atoms with Gasteiger partial charge < -0.3 is 10.2 Å². The Kier molecular flexibility index (Phi) is 4.59. The van der Waals surface area contributed by atoms with E-state index in [4.69, 9.17) is 0 Å². The summed E-state index contributed by atoms with van der Waals surface area (Å²) in [5.74, 6) is 1.12. The first-order chi connectivity index (χ1) is 12.2. The lowest BCUT2D eigenvalue weighted by molar-refractivity contribution is -0.121. The third-order valence-corrected chi connectivity index (χ3v) is 5.60. The van der Waals surface area contributed by atoms with Crippen molar-refractivity contribution in [2.75, 3.05) is 18.0 Å². The van der Waals surface area contributed by atoms with Crippen LogP contribution in [0.4, 0.5) is 5.95 Å². The first kappa shape index (κ1) is 16.4. The molecule has 2 heterocycles. The molecule has 1 saturated carbocycles. The van der Waals surface area contributed by atoms with Crippen LogP contribution in [0.5, 0.6) is 0 Å². The molecule has 1 saturated heterocycles. The van der Waals surface area contributed by atoms with Crippen LogP contribution in [0, 0.1) is 0 Å². The van der Waals surface area contributed by atoms with Gasteiger partial charge in [-0.2, -0.15) is 0 Å². The van der Waals surface area contributed by atoms with Crippen LogP contribution in [0.2, 0.25) is 0 Å². The number of hydrogen-bond acceptors (Lipinski definition) is 4. The number of carbonyl (C=O) groups is 1. The number of nitrogens with one attached hydrogen (secondary N) is 2. The van der Waals surface area contributed by atoms with E-state index in [1.807, 2.05) is 0 Å². The molecule has 2 fully saturated rings. The molecule has 6 nitrogen and oxygen atoms in total. The van der Waals surface area contributed by atoms with Crippen LogP contribution in [0.15, 0.2) is 22.5 Å². The zero-order chi connectivity index (χ0) is 17.2. The number of aromatic amines is 1. The lowest BCUT2D eigenvalue weighted by Gasteiger charge is -2.35. The topological polar surface area (TPSA) is 78.1 Å². The predicted molar refractivity (Wildman–Crippen MR) is 96.8 cm³/mol. The second kappa shape index (κ2) is 7.02. The summed E-state index contributed by atoms with van der Waals surface area (Å²) in [6.45, 7) is 1.93. The molecule has 1 amide bonds. The summed E-state index contributed by atoms with van der Waals surface area (Å²) >= 11 is 0. The van der Waals surface area contributed by atoms with Crippen molar-refractivity contribution in [3.63, 3.8) is 0 Å². The molecule has 0 atom stereocenters. The number of rotatable bonds is 5. The molecule has 134 valence electrons. The third kappa shape index (κ3) is 3.78. The van der Waals surface area contributed by atoms with Gasteiger partial charge in [0.05, 0.1) is 5.69 Å². The number of allylic oxidation sites excluding steroid dienone is 1. The molecule has 0 aromatic carbocycles. The smallest absolute Gasteiger partial charge is 0.252 e. The van der Waals surface area contributed by atoms with Crippen molar-refractivity contribution in [2.24, 2.45) is 0 Å². The molecule has 0 radical (unpaired) electrons. The van der Waals surface area contributed by atoms with E-state index in [0.717, 1.165) is 57.3 Å². The number of carbonyl (C=O) groups excluding carboxylic acids is 1. The van der Waals surface area contributed by atoms with Gasteiger partial charge in [-0.05, 0) is 44.9 Å².